The second-order valence-electron chi connectivity index (χ2n) is 7.30. The molecule has 2 aliphatic heterocycles. The molecule has 7 nitrogen and oxygen atoms in total. The van der Waals surface area contributed by atoms with Crippen molar-refractivity contribution in [3.05, 3.63) is 40.5 Å². The van der Waals surface area contributed by atoms with Crippen molar-refractivity contribution < 1.29 is 27.4 Å². The van der Waals surface area contributed by atoms with Crippen LogP contribution in [-0.2, 0) is 13.0 Å². The lowest BCUT2D eigenvalue weighted by molar-refractivity contribution is -0.125. The van der Waals surface area contributed by atoms with Crippen molar-refractivity contribution in [2.75, 3.05) is 19.7 Å². The van der Waals surface area contributed by atoms with Gasteiger partial charge in [-0.25, -0.2) is 4.68 Å². The molecule has 3 heterocycles. The predicted octanol–water partition coefficient (Wildman–Crippen LogP) is 2.57. The second-order valence-corrected chi connectivity index (χ2v) is 7.74. The standard InChI is InChI=1S/C19H20ClF3N4O3/c20-12-1-2-16-11(5-12)6-13(9-29-16)25-18(28)15-7-17-27(26-15)4-3-14(30-17)8-24-10-19(21,22)23/h1-2,5,7,13-14,24H,3-4,6,8-10H2,(H,25,28)/t13-,14?/m1/s1. The molecular formula is C19H20ClF3N4O3. The molecule has 0 spiro atoms. The summed E-state index contributed by atoms with van der Waals surface area (Å²) in [4.78, 5) is 12.6. The Morgan fingerprint density at radius 1 is 1.33 bits per heavy atom. The topological polar surface area (TPSA) is 77.4 Å². The summed E-state index contributed by atoms with van der Waals surface area (Å²) < 4.78 is 49.7. The number of carbonyl (C=O) groups is 1. The van der Waals surface area contributed by atoms with E-state index in [1.54, 1.807) is 16.8 Å². The summed E-state index contributed by atoms with van der Waals surface area (Å²) in [7, 11) is 0. The predicted molar refractivity (Wildman–Crippen MR) is 102 cm³/mol. The number of hydrogen-bond acceptors (Lipinski definition) is 5. The number of alkyl halides is 3. The van der Waals surface area contributed by atoms with Gasteiger partial charge in [0.25, 0.3) is 5.91 Å². The summed E-state index contributed by atoms with van der Waals surface area (Å²) in [5.41, 5.74) is 1.10. The fourth-order valence-electron chi connectivity index (χ4n) is 3.50. The van der Waals surface area contributed by atoms with Gasteiger partial charge in [-0.15, -0.1) is 0 Å². The molecule has 1 amide bonds. The highest BCUT2D eigenvalue weighted by Crippen LogP contribution is 2.28. The van der Waals surface area contributed by atoms with E-state index in [1.165, 1.54) is 6.07 Å². The van der Waals surface area contributed by atoms with Gasteiger partial charge in [0.05, 0.1) is 12.6 Å². The van der Waals surface area contributed by atoms with Gasteiger partial charge in [-0.2, -0.15) is 18.3 Å². The number of halogens is 4. The van der Waals surface area contributed by atoms with Crippen LogP contribution in [0.5, 0.6) is 11.6 Å². The zero-order chi connectivity index (χ0) is 21.3. The number of aryl methyl sites for hydroxylation is 1. The third kappa shape index (κ3) is 4.99. The van der Waals surface area contributed by atoms with Gasteiger partial charge in [0.1, 0.15) is 18.5 Å². The van der Waals surface area contributed by atoms with Crippen LogP contribution in [0.1, 0.15) is 22.5 Å². The first kappa shape index (κ1) is 20.8. The van der Waals surface area contributed by atoms with Crippen LogP contribution in [-0.4, -0.2) is 53.7 Å². The molecule has 0 aliphatic carbocycles. The SMILES string of the molecule is O=C(N[C@H]1COc2ccc(Cl)cc2C1)c1cc2n(n1)CCC(CNCC(F)(F)F)O2. The summed E-state index contributed by atoms with van der Waals surface area (Å²) >= 11 is 6.02. The second kappa shape index (κ2) is 8.35. The first-order valence-electron chi connectivity index (χ1n) is 9.51. The number of ether oxygens (including phenoxy) is 2. The average molecular weight is 445 g/mol. The Labute approximate surface area is 175 Å². The number of carbonyl (C=O) groups excluding carboxylic acids is 1. The lowest BCUT2D eigenvalue weighted by Gasteiger charge is -2.26. The molecule has 2 N–H and O–H groups in total. The monoisotopic (exact) mass is 444 g/mol. The van der Waals surface area contributed by atoms with Crippen LogP contribution < -0.4 is 20.1 Å². The summed E-state index contributed by atoms with van der Waals surface area (Å²) in [6, 6.07) is 6.63. The van der Waals surface area contributed by atoms with E-state index in [1.807, 2.05) is 6.07 Å². The van der Waals surface area contributed by atoms with Crippen molar-refractivity contribution in [3.8, 4) is 11.6 Å². The number of amides is 1. The third-order valence-electron chi connectivity index (χ3n) is 4.89. The highest BCUT2D eigenvalue weighted by Gasteiger charge is 2.29. The summed E-state index contributed by atoms with van der Waals surface area (Å²) in [5.74, 6) is 0.745. The lowest BCUT2D eigenvalue weighted by Crippen LogP contribution is -2.42. The normalized spacial score (nSPS) is 20.5. The van der Waals surface area contributed by atoms with Gasteiger partial charge in [-0.05, 0) is 30.2 Å². The van der Waals surface area contributed by atoms with E-state index < -0.39 is 18.8 Å². The van der Waals surface area contributed by atoms with Gasteiger partial charge in [-0.3, -0.25) is 4.79 Å². The molecule has 0 fully saturated rings. The van der Waals surface area contributed by atoms with Crippen LogP contribution >= 0.6 is 11.6 Å². The van der Waals surface area contributed by atoms with Gasteiger partial charge < -0.3 is 20.1 Å². The van der Waals surface area contributed by atoms with E-state index >= 15 is 0 Å². The van der Waals surface area contributed by atoms with Crippen molar-refractivity contribution >= 4 is 17.5 Å². The van der Waals surface area contributed by atoms with Crippen LogP contribution in [0.25, 0.3) is 0 Å². The van der Waals surface area contributed by atoms with E-state index in [2.05, 4.69) is 15.7 Å². The number of hydrogen-bond donors (Lipinski definition) is 2. The third-order valence-corrected chi connectivity index (χ3v) is 5.12. The van der Waals surface area contributed by atoms with Gasteiger partial charge in [0.2, 0.25) is 5.88 Å². The first-order valence-corrected chi connectivity index (χ1v) is 9.89. The molecular weight excluding hydrogens is 425 g/mol. The molecule has 4 rings (SSSR count). The molecule has 0 saturated heterocycles. The molecule has 2 aliphatic rings. The lowest BCUT2D eigenvalue weighted by atomic mass is 10.0. The van der Waals surface area contributed by atoms with Gasteiger partial charge in [-0.1, -0.05) is 11.6 Å². The van der Waals surface area contributed by atoms with Crippen LogP contribution in [0.15, 0.2) is 24.3 Å². The molecule has 162 valence electrons. The van der Waals surface area contributed by atoms with E-state index in [4.69, 9.17) is 21.1 Å². The Kier molecular flexibility index (Phi) is 5.79. The van der Waals surface area contributed by atoms with Crippen LogP contribution in [0.3, 0.4) is 0 Å². The Bertz CT molecular complexity index is 934. The number of benzene rings is 1. The minimum absolute atomic E-state index is 0.0631. The molecule has 11 heteroatoms. The molecule has 2 aromatic rings. The fourth-order valence-corrected chi connectivity index (χ4v) is 3.69. The summed E-state index contributed by atoms with van der Waals surface area (Å²) in [5, 5.41) is 10.1. The molecule has 0 saturated carbocycles. The van der Waals surface area contributed by atoms with Crippen molar-refractivity contribution in [3.63, 3.8) is 0 Å². The highest BCUT2D eigenvalue weighted by atomic mass is 35.5. The molecule has 0 bridgehead atoms. The maximum Gasteiger partial charge on any atom is 0.401 e. The van der Waals surface area contributed by atoms with Crippen molar-refractivity contribution in [2.45, 2.75) is 37.7 Å². The zero-order valence-corrected chi connectivity index (χ0v) is 16.6. The van der Waals surface area contributed by atoms with Crippen LogP contribution in [0.4, 0.5) is 13.2 Å². The molecule has 0 radical (unpaired) electrons. The Balaban J connectivity index is 1.33. The molecule has 1 aromatic heterocycles. The van der Waals surface area contributed by atoms with Crippen LogP contribution in [0.2, 0.25) is 5.02 Å². The Morgan fingerprint density at radius 3 is 2.97 bits per heavy atom. The smallest absolute Gasteiger partial charge is 0.401 e. The van der Waals surface area contributed by atoms with E-state index in [0.29, 0.717) is 36.9 Å². The van der Waals surface area contributed by atoms with Crippen LogP contribution in [0, 0.1) is 0 Å². The van der Waals surface area contributed by atoms with Crippen molar-refractivity contribution in [1.82, 2.24) is 20.4 Å². The molecule has 1 aromatic carbocycles. The summed E-state index contributed by atoms with van der Waals surface area (Å²) in [6.45, 7) is -0.220. The molecule has 2 atom stereocenters. The number of nitrogens with zero attached hydrogens (tertiary/aromatic N) is 2. The number of rotatable bonds is 5. The molecule has 30 heavy (non-hydrogen) atoms. The zero-order valence-electron chi connectivity index (χ0n) is 15.8. The Morgan fingerprint density at radius 2 is 2.17 bits per heavy atom. The maximum absolute atomic E-state index is 12.6. The largest absolute Gasteiger partial charge is 0.491 e. The van der Waals surface area contributed by atoms with Gasteiger partial charge in [0, 0.05) is 30.6 Å². The number of fused-ring (bicyclic) bond motifs is 2. The quantitative estimate of drug-likeness (QED) is 0.741. The van der Waals surface area contributed by atoms with Gasteiger partial charge in [0.15, 0.2) is 5.69 Å². The van der Waals surface area contributed by atoms with E-state index in [-0.39, 0.29) is 24.2 Å². The minimum Gasteiger partial charge on any atom is -0.491 e. The number of aromatic nitrogens is 2. The summed E-state index contributed by atoms with van der Waals surface area (Å²) in [6.07, 6.45) is -3.61. The molecule has 1 unspecified atom stereocenters. The number of nitrogens with one attached hydrogen (secondary N) is 2. The van der Waals surface area contributed by atoms with Gasteiger partial charge >= 0.3 is 6.18 Å². The first-order chi connectivity index (χ1) is 14.3. The minimum atomic E-state index is -4.27. The highest BCUT2D eigenvalue weighted by molar-refractivity contribution is 6.30. The maximum atomic E-state index is 12.6. The fraction of sp³-hybridized carbons (Fsp3) is 0.474. The average Bonchev–Trinajstić information content (AvgIpc) is 3.10. The van der Waals surface area contributed by atoms with E-state index in [0.717, 1.165) is 11.3 Å². The van der Waals surface area contributed by atoms with E-state index in [9.17, 15) is 18.0 Å². The van der Waals surface area contributed by atoms with Crippen molar-refractivity contribution in [2.24, 2.45) is 0 Å². The van der Waals surface area contributed by atoms with Crippen molar-refractivity contribution in [1.29, 1.82) is 0 Å². The Hall–Kier alpha value is -2.46.